The molecule has 4 N–H and O–H groups in total. The number of nitrogens with zero attached hydrogens (tertiary/aromatic N) is 1. The number of hydrogen-bond donors (Lipinski definition) is 3. The number of carbonyl (C=O) groups is 3. The van der Waals surface area contributed by atoms with E-state index in [-0.39, 0.29) is 24.9 Å². The van der Waals surface area contributed by atoms with E-state index in [1.54, 1.807) is 41.3 Å². The highest BCUT2D eigenvalue weighted by molar-refractivity contribution is 6.30. The number of carboxylic acids is 2. The molecule has 0 spiro atoms. The van der Waals surface area contributed by atoms with Crippen LogP contribution in [0, 0.1) is 0 Å². The molecule has 4 aromatic rings. The number of rotatable bonds is 6. The fourth-order valence-corrected chi connectivity index (χ4v) is 7.76. The van der Waals surface area contributed by atoms with Gasteiger partial charge in [-0.1, -0.05) is 96.0 Å². The second-order valence-electron chi connectivity index (χ2n) is 12.9. The van der Waals surface area contributed by atoms with Crippen molar-refractivity contribution in [1.29, 1.82) is 0 Å². The Morgan fingerprint density at radius 3 is 1.54 bits per heavy atom. The van der Waals surface area contributed by atoms with Crippen LogP contribution >= 0.6 is 23.2 Å². The summed E-state index contributed by atoms with van der Waals surface area (Å²) < 4.78 is 5.75. The summed E-state index contributed by atoms with van der Waals surface area (Å²) >= 11 is 11.8. The zero-order valence-electron chi connectivity index (χ0n) is 27.4. The van der Waals surface area contributed by atoms with E-state index in [4.69, 9.17) is 27.9 Å². The summed E-state index contributed by atoms with van der Waals surface area (Å²) in [5, 5.41) is 22.8. The van der Waals surface area contributed by atoms with Gasteiger partial charge in [-0.3, -0.25) is 9.59 Å². The number of quaternary nitrogens is 1. The third kappa shape index (κ3) is 7.35. The monoisotopic (exact) mass is 736 g/mol. The fourth-order valence-electron chi connectivity index (χ4n) is 7.51. The molecule has 2 saturated heterocycles. The second kappa shape index (κ2) is 15.9. The number of halogens is 3. The molecule has 3 aliphatic rings. The van der Waals surface area contributed by atoms with Crippen LogP contribution in [0.15, 0.2) is 97.1 Å². The zero-order chi connectivity index (χ0) is 34.6. The number of ether oxygens (including phenoxy) is 1. The summed E-state index contributed by atoms with van der Waals surface area (Å²) in [6.07, 6.45) is 1.63. The highest BCUT2D eigenvalue weighted by Crippen LogP contribution is 2.45. The Morgan fingerprint density at radius 1 is 0.680 bits per heavy atom. The number of benzene rings is 4. The van der Waals surface area contributed by atoms with Gasteiger partial charge in [-0.15, -0.1) is 0 Å². The maximum Gasteiger partial charge on any atom is 0.409 e. The molecule has 50 heavy (non-hydrogen) atoms. The molecule has 0 aromatic heterocycles. The van der Waals surface area contributed by atoms with Crippen LogP contribution in [-0.2, 0) is 25.2 Å². The van der Waals surface area contributed by atoms with Crippen LogP contribution in [0.3, 0.4) is 0 Å². The average molecular weight is 738 g/mol. The van der Waals surface area contributed by atoms with Gasteiger partial charge in [-0.25, -0.2) is 4.79 Å². The average Bonchev–Trinajstić information content (AvgIpc) is 3.45. The summed E-state index contributed by atoms with van der Waals surface area (Å²) in [6.45, 7) is 2.64. The lowest BCUT2D eigenvalue weighted by molar-refractivity contribution is -0.664. The number of carbonyl (C=O) groups excluding carboxylic acids is 1. The van der Waals surface area contributed by atoms with Crippen molar-refractivity contribution in [3.05, 3.63) is 129 Å². The van der Waals surface area contributed by atoms with Gasteiger partial charge < -0.3 is 37.6 Å². The summed E-state index contributed by atoms with van der Waals surface area (Å²) in [5.74, 6) is -1.60. The molecule has 1 amide bonds. The van der Waals surface area contributed by atoms with Crippen molar-refractivity contribution in [2.75, 3.05) is 32.8 Å². The molecule has 0 unspecified atom stereocenters. The number of likely N-dealkylation sites (tertiary alicyclic amines) is 1. The molecule has 0 radical (unpaired) electrons. The standard InChI is InChI=1S/C27H24ClNO4.C12H14ClNO2.ClH/c28-19-11-9-18(10-12-19)27(25(30)31)13-15-29(16-14-27)26(32)33-17-24-22-7-3-1-5-20(22)21-6-2-4-8-23(21)24;13-10-3-1-9(2-4-10)12(11(15)16)5-7-14-8-6-12;/h1-12,24H,13-17H2,(H,30,31);1-4,14H,5-8H2,(H,15,16);1H. The van der Waals surface area contributed by atoms with Crippen LogP contribution < -0.4 is 17.7 Å². The van der Waals surface area contributed by atoms with Crippen molar-refractivity contribution in [2.45, 2.75) is 42.4 Å². The van der Waals surface area contributed by atoms with E-state index in [1.807, 2.05) is 36.4 Å². The van der Waals surface area contributed by atoms with Crippen molar-refractivity contribution >= 4 is 41.2 Å². The first kappa shape index (κ1) is 37.2. The Balaban J connectivity index is 0.000000241. The van der Waals surface area contributed by atoms with Gasteiger partial charge in [0.15, 0.2) is 0 Å². The van der Waals surface area contributed by atoms with Crippen molar-refractivity contribution < 1.29 is 47.1 Å². The molecule has 0 bridgehead atoms. The maximum atomic E-state index is 12.9. The summed E-state index contributed by atoms with van der Waals surface area (Å²) in [7, 11) is 0. The molecule has 11 heteroatoms. The van der Waals surface area contributed by atoms with E-state index in [2.05, 4.69) is 29.6 Å². The van der Waals surface area contributed by atoms with Crippen molar-refractivity contribution in [3.8, 4) is 11.1 Å². The van der Waals surface area contributed by atoms with Gasteiger partial charge in [-0.05, 0) is 70.5 Å². The zero-order valence-corrected chi connectivity index (χ0v) is 29.6. The molecule has 4 aromatic carbocycles. The molecule has 0 atom stereocenters. The van der Waals surface area contributed by atoms with Gasteiger partial charge >= 0.3 is 18.0 Å². The van der Waals surface area contributed by atoms with Gasteiger partial charge in [0, 0.05) is 41.9 Å². The number of carboxylic acid groups (broad SMARTS) is 2. The van der Waals surface area contributed by atoms with E-state index < -0.39 is 28.9 Å². The van der Waals surface area contributed by atoms with E-state index in [0.717, 1.165) is 29.8 Å². The number of aliphatic carboxylic acids is 2. The topological polar surface area (TPSA) is 121 Å². The number of nitrogens with two attached hydrogens (primary N) is 1. The SMILES string of the molecule is O=C(O)C1(c2ccc(Cl)cc2)CC[NH2+]CC1.O=C(OCC1c2ccccc2-c2ccccc21)N1CCC(C(=O)O)(c2ccc(Cl)cc2)CC1.[Cl-]. The lowest BCUT2D eigenvalue weighted by atomic mass is 9.73. The quantitative estimate of drug-likeness (QED) is 0.278. The molecule has 2 aliphatic heterocycles. The minimum Gasteiger partial charge on any atom is -1.00 e. The van der Waals surface area contributed by atoms with E-state index >= 15 is 0 Å². The van der Waals surface area contributed by atoms with Crippen LogP contribution in [-0.4, -0.2) is 65.9 Å². The predicted octanol–water partition coefficient (Wildman–Crippen LogP) is 3.73. The van der Waals surface area contributed by atoms with Gasteiger partial charge in [0.2, 0.25) is 0 Å². The smallest absolute Gasteiger partial charge is 0.409 e. The van der Waals surface area contributed by atoms with Gasteiger partial charge in [-0.2, -0.15) is 0 Å². The van der Waals surface area contributed by atoms with Crippen molar-refractivity contribution in [2.24, 2.45) is 0 Å². The Bertz CT molecular complexity index is 1770. The van der Waals surface area contributed by atoms with Gasteiger partial charge in [0.05, 0.1) is 18.5 Å². The third-order valence-electron chi connectivity index (χ3n) is 10.4. The Kier molecular flexibility index (Phi) is 11.8. The van der Waals surface area contributed by atoms with Crippen LogP contribution in [0.4, 0.5) is 4.79 Å². The molecular formula is C39H39Cl3N2O6. The summed E-state index contributed by atoms with van der Waals surface area (Å²) in [6, 6.07) is 30.6. The Morgan fingerprint density at radius 2 is 1.10 bits per heavy atom. The normalized spacial score (nSPS) is 17.2. The number of piperidine rings is 2. The van der Waals surface area contributed by atoms with Crippen molar-refractivity contribution in [1.82, 2.24) is 4.90 Å². The Hall–Kier alpha value is -4.08. The molecule has 2 fully saturated rings. The lowest BCUT2D eigenvalue weighted by Crippen LogP contribution is -3.00. The highest BCUT2D eigenvalue weighted by Gasteiger charge is 2.45. The first-order valence-electron chi connectivity index (χ1n) is 16.6. The summed E-state index contributed by atoms with van der Waals surface area (Å²) in [5.41, 5.74) is 4.55. The van der Waals surface area contributed by atoms with Gasteiger partial charge in [0.25, 0.3) is 0 Å². The van der Waals surface area contributed by atoms with Crippen LogP contribution in [0.25, 0.3) is 11.1 Å². The van der Waals surface area contributed by atoms with E-state index in [1.165, 1.54) is 11.1 Å². The largest absolute Gasteiger partial charge is 1.00 e. The molecule has 0 saturated carbocycles. The lowest BCUT2D eigenvalue weighted by Gasteiger charge is -2.38. The molecule has 2 heterocycles. The molecule has 262 valence electrons. The van der Waals surface area contributed by atoms with E-state index in [0.29, 0.717) is 54.4 Å². The summed E-state index contributed by atoms with van der Waals surface area (Å²) in [4.78, 5) is 38.2. The first-order valence-corrected chi connectivity index (χ1v) is 17.3. The Labute approximate surface area is 307 Å². The van der Waals surface area contributed by atoms with E-state index in [9.17, 15) is 24.6 Å². The predicted molar refractivity (Wildman–Crippen MR) is 188 cm³/mol. The second-order valence-corrected chi connectivity index (χ2v) is 13.8. The van der Waals surface area contributed by atoms with Crippen LogP contribution in [0.5, 0.6) is 0 Å². The van der Waals surface area contributed by atoms with Gasteiger partial charge in [0.1, 0.15) is 12.0 Å². The maximum absolute atomic E-state index is 12.9. The fraction of sp³-hybridized carbons (Fsp3) is 0.308. The van der Waals surface area contributed by atoms with Crippen LogP contribution in [0.2, 0.25) is 10.0 Å². The third-order valence-corrected chi connectivity index (χ3v) is 10.9. The minimum atomic E-state index is -1.02. The molecule has 8 nitrogen and oxygen atoms in total. The molecule has 1 aliphatic carbocycles. The molecule has 7 rings (SSSR count). The number of fused-ring (bicyclic) bond motifs is 3. The highest BCUT2D eigenvalue weighted by atomic mass is 35.5. The van der Waals surface area contributed by atoms with Crippen LogP contribution in [0.1, 0.15) is 53.9 Å². The van der Waals surface area contributed by atoms with Crippen molar-refractivity contribution in [3.63, 3.8) is 0 Å². The molecular weight excluding hydrogens is 699 g/mol. The number of hydrogen-bond acceptors (Lipinski definition) is 4. The first-order chi connectivity index (χ1) is 23.6. The minimum absolute atomic E-state index is 0. The number of amides is 1.